The van der Waals surface area contributed by atoms with E-state index in [-0.39, 0.29) is 0 Å². The zero-order valence-corrected chi connectivity index (χ0v) is 8.09. The predicted molar refractivity (Wildman–Crippen MR) is 60.0 cm³/mol. The average Bonchev–Trinajstić information content (AvgIpc) is 2.23. The molecule has 4 N–H and O–H groups in total. The summed E-state index contributed by atoms with van der Waals surface area (Å²) in [4.78, 5) is 0. The van der Waals surface area contributed by atoms with Crippen molar-refractivity contribution in [1.29, 1.82) is 0 Å². The van der Waals surface area contributed by atoms with Gasteiger partial charge in [-0.1, -0.05) is 18.2 Å². The first-order valence-electron chi connectivity index (χ1n) is 4.87. The maximum atomic E-state index is 5.83. The molecule has 0 bridgehead atoms. The molecule has 0 aromatic heterocycles. The number of nitrogen functional groups attached to an aromatic ring is 1. The van der Waals surface area contributed by atoms with E-state index in [0.29, 0.717) is 0 Å². The Hall–Kier alpha value is -1.48. The molecule has 14 heavy (non-hydrogen) atoms. The molecule has 3 heteroatoms. The van der Waals surface area contributed by atoms with Crippen LogP contribution in [0.5, 0.6) is 0 Å². The molecule has 0 unspecified atom stereocenters. The van der Waals surface area contributed by atoms with Gasteiger partial charge < -0.3 is 16.4 Å². The predicted octanol–water partition coefficient (Wildman–Crippen LogP) is 1.56. The maximum Gasteiger partial charge on any atom is 0.0615 e. The van der Waals surface area contributed by atoms with Crippen molar-refractivity contribution in [2.45, 2.75) is 6.42 Å². The van der Waals surface area contributed by atoms with Crippen LogP contribution in [0.3, 0.4) is 0 Å². The number of nitrogens with one attached hydrogen (secondary N) is 2. The molecule has 1 aromatic carbocycles. The second-order valence-corrected chi connectivity index (χ2v) is 3.40. The Kier molecular flexibility index (Phi) is 2.70. The molecule has 0 radical (unpaired) electrons. The first-order chi connectivity index (χ1) is 6.86. The molecule has 1 aliphatic heterocycles. The summed E-state index contributed by atoms with van der Waals surface area (Å²) in [6.07, 6.45) is 3.20. The largest absolute Gasteiger partial charge is 0.397 e. The molecule has 0 saturated carbocycles. The smallest absolute Gasteiger partial charge is 0.0615 e. The summed E-state index contributed by atoms with van der Waals surface area (Å²) in [6.45, 7) is 1.97. The molecule has 0 spiro atoms. The van der Waals surface area contributed by atoms with E-state index in [2.05, 4.69) is 16.7 Å². The van der Waals surface area contributed by atoms with Crippen molar-refractivity contribution < 1.29 is 0 Å². The minimum atomic E-state index is 0.798. The van der Waals surface area contributed by atoms with Gasteiger partial charge in [0.2, 0.25) is 0 Å². The first-order valence-corrected chi connectivity index (χ1v) is 4.87. The van der Waals surface area contributed by atoms with Crippen LogP contribution in [0.25, 0.3) is 0 Å². The number of benzene rings is 1. The quantitative estimate of drug-likeness (QED) is 0.619. The number of hydrogen-bond donors (Lipinski definition) is 3. The number of rotatable bonds is 2. The summed E-state index contributed by atoms with van der Waals surface area (Å²) in [5, 5.41) is 6.61. The van der Waals surface area contributed by atoms with E-state index in [0.717, 1.165) is 30.9 Å². The highest BCUT2D eigenvalue weighted by Gasteiger charge is 2.04. The summed E-state index contributed by atoms with van der Waals surface area (Å²) in [6, 6.07) is 7.83. The van der Waals surface area contributed by atoms with E-state index in [9.17, 15) is 0 Å². The van der Waals surface area contributed by atoms with Crippen LogP contribution in [0, 0.1) is 0 Å². The van der Waals surface area contributed by atoms with Crippen LogP contribution in [-0.2, 0) is 0 Å². The molecule has 0 aliphatic carbocycles. The van der Waals surface area contributed by atoms with Crippen LogP contribution in [0.1, 0.15) is 6.42 Å². The summed E-state index contributed by atoms with van der Waals surface area (Å²) in [5.41, 5.74) is 8.88. The topological polar surface area (TPSA) is 50.1 Å². The van der Waals surface area contributed by atoms with Gasteiger partial charge in [0.05, 0.1) is 11.4 Å². The highest BCUT2D eigenvalue weighted by Crippen LogP contribution is 2.20. The van der Waals surface area contributed by atoms with Crippen molar-refractivity contribution >= 4 is 11.4 Å². The van der Waals surface area contributed by atoms with Crippen LogP contribution in [0.4, 0.5) is 11.4 Å². The number of nitrogens with two attached hydrogens (primary N) is 1. The van der Waals surface area contributed by atoms with Crippen molar-refractivity contribution in [3.8, 4) is 0 Å². The Morgan fingerprint density at radius 3 is 2.86 bits per heavy atom. The molecule has 0 atom stereocenters. The van der Waals surface area contributed by atoms with Crippen molar-refractivity contribution in [2.75, 3.05) is 24.1 Å². The van der Waals surface area contributed by atoms with E-state index in [1.165, 1.54) is 5.70 Å². The zero-order chi connectivity index (χ0) is 9.80. The lowest BCUT2D eigenvalue weighted by Gasteiger charge is -2.16. The summed E-state index contributed by atoms with van der Waals surface area (Å²) < 4.78 is 0. The molecule has 2 rings (SSSR count). The van der Waals surface area contributed by atoms with Gasteiger partial charge in [0, 0.05) is 18.8 Å². The Balaban J connectivity index is 2.10. The standard InChI is InChI=1S/C11H15N3/c12-10-3-1-2-4-11(10)14-9-5-7-13-8-6-9/h1-5,13-14H,6-8,12H2. The number of hydrogen-bond acceptors (Lipinski definition) is 3. The van der Waals surface area contributed by atoms with E-state index in [1.807, 2.05) is 24.3 Å². The highest BCUT2D eigenvalue weighted by atomic mass is 14.9. The van der Waals surface area contributed by atoms with E-state index in [1.54, 1.807) is 0 Å². The van der Waals surface area contributed by atoms with Crippen LogP contribution in [0.15, 0.2) is 36.0 Å². The SMILES string of the molecule is Nc1ccccc1NC1=CCNCC1. The van der Waals surface area contributed by atoms with Crippen molar-refractivity contribution in [3.05, 3.63) is 36.0 Å². The molecule has 0 saturated heterocycles. The van der Waals surface area contributed by atoms with E-state index in [4.69, 9.17) is 5.73 Å². The average molecular weight is 189 g/mol. The fourth-order valence-corrected chi connectivity index (χ4v) is 1.52. The molecule has 1 aromatic rings. The summed E-state index contributed by atoms with van der Waals surface area (Å²) in [5.74, 6) is 0. The first kappa shape index (κ1) is 9.09. The monoisotopic (exact) mass is 189 g/mol. The third-order valence-electron chi connectivity index (χ3n) is 2.32. The summed E-state index contributed by atoms with van der Waals surface area (Å²) in [7, 11) is 0. The van der Waals surface area contributed by atoms with Crippen molar-refractivity contribution in [2.24, 2.45) is 0 Å². The minimum absolute atomic E-state index is 0.798. The molecule has 1 heterocycles. The van der Waals surface area contributed by atoms with Gasteiger partial charge in [-0.25, -0.2) is 0 Å². The third kappa shape index (κ3) is 2.06. The zero-order valence-electron chi connectivity index (χ0n) is 8.09. The van der Waals surface area contributed by atoms with Crippen molar-refractivity contribution in [1.82, 2.24) is 5.32 Å². The molecular weight excluding hydrogens is 174 g/mol. The van der Waals surface area contributed by atoms with Crippen LogP contribution in [0.2, 0.25) is 0 Å². The molecule has 0 fully saturated rings. The Morgan fingerprint density at radius 2 is 2.14 bits per heavy atom. The third-order valence-corrected chi connectivity index (χ3v) is 2.32. The summed E-state index contributed by atoms with van der Waals surface area (Å²) >= 11 is 0. The second kappa shape index (κ2) is 4.15. The molecule has 1 aliphatic rings. The van der Waals surface area contributed by atoms with Gasteiger partial charge in [0.25, 0.3) is 0 Å². The van der Waals surface area contributed by atoms with Gasteiger partial charge in [-0.2, -0.15) is 0 Å². The molecular formula is C11H15N3. The van der Waals surface area contributed by atoms with Gasteiger partial charge in [-0.15, -0.1) is 0 Å². The van der Waals surface area contributed by atoms with Gasteiger partial charge >= 0.3 is 0 Å². The number of anilines is 2. The molecule has 3 nitrogen and oxygen atoms in total. The minimum Gasteiger partial charge on any atom is -0.397 e. The molecule has 0 amide bonds. The van der Waals surface area contributed by atoms with Gasteiger partial charge in [-0.05, 0) is 18.6 Å². The highest BCUT2D eigenvalue weighted by molar-refractivity contribution is 5.67. The maximum absolute atomic E-state index is 5.83. The number of para-hydroxylation sites is 2. The van der Waals surface area contributed by atoms with Gasteiger partial charge in [0.15, 0.2) is 0 Å². The molecule has 74 valence electrons. The lowest BCUT2D eigenvalue weighted by atomic mass is 10.2. The van der Waals surface area contributed by atoms with Gasteiger partial charge in [-0.3, -0.25) is 0 Å². The van der Waals surface area contributed by atoms with Crippen LogP contribution >= 0.6 is 0 Å². The normalized spacial score (nSPS) is 16.1. The van der Waals surface area contributed by atoms with Crippen LogP contribution in [-0.4, -0.2) is 13.1 Å². The van der Waals surface area contributed by atoms with E-state index < -0.39 is 0 Å². The Bertz CT molecular complexity index is 344. The lowest BCUT2D eigenvalue weighted by Crippen LogP contribution is -2.23. The second-order valence-electron chi connectivity index (χ2n) is 3.40. The fraction of sp³-hybridized carbons (Fsp3) is 0.273. The van der Waals surface area contributed by atoms with Gasteiger partial charge in [0.1, 0.15) is 0 Å². The fourth-order valence-electron chi connectivity index (χ4n) is 1.52. The Morgan fingerprint density at radius 1 is 1.29 bits per heavy atom. The Labute approximate surface area is 84.0 Å². The van der Waals surface area contributed by atoms with Crippen molar-refractivity contribution in [3.63, 3.8) is 0 Å². The lowest BCUT2D eigenvalue weighted by molar-refractivity contribution is 0.706. The van der Waals surface area contributed by atoms with Crippen LogP contribution < -0.4 is 16.4 Å². The van der Waals surface area contributed by atoms with E-state index >= 15 is 0 Å².